The van der Waals surface area contributed by atoms with Gasteiger partial charge in [0.05, 0.1) is 11.4 Å². The van der Waals surface area contributed by atoms with Gasteiger partial charge in [0.2, 0.25) is 5.91 Å². The quantitative estimate of drug-likeness (QED) is 0.349. The summed E-state index contributed by atoms with van der Waals surface area (Å²) in [5, 5.41) is 10.6. The Hall–Kier alpha value is -3.73. The van der Waals surface area contributed by atoms with E-state index in [1.54, 1.807) is 30.5 Å². The van der Waals surface area contributed by atoms with E-state index in [2.05, 4.69) is 27.3 Å². The van der Waals surface area contributed by atoms with Gasteiger partial charge in [0.1, 0.15) is 11.3 Å². The average molecular weight is 556 g/mol. The molecule has 3 aromatic rings. The van der Waals surface area contributed by atoms with Crippen molar-refractivity contribution in [2.24, 2.45) is 0 Å². The molecule has 11 heteroatoms. The van der Waals surface area contributed by atoms with Crippen LogP contribution in [0.15, 0.2) is 49.2 Å². The van der Waals surface area contributed by atoms with Gasteiger partial charge in [-0.15, -0.1) is 0 Å². The molecule has 0 bridgehead atoms. The second-order valence-electron chi connectivity index (χ2n) is 9.67. The van der Waals surface area contributed by atoms with E-state index >= 15 is 0 Å². The third-order valence-electron chi connectivity index (χ3n) is 6.12. The topological polar surface area (TPSA) is 98.1 Å². The number of benzene rings is 1. The number of hydrogen-bond acceptors (Lipinski definition) is 6. The largest absolute Gasteiger partial charge is 0.487 e. The van der Waals surface area contributed by atoms with Crippen LogP contribution in [0.3, 0.4) is 0 Å². The molecule has 1 aliphatic rings. The van der Waals surface area contributed by atoms with Gasteiger partial charge in [0, 0.05) is 25.6 Å². The number of aromatic nitrogens is 3. The van der Waals surface area contributed by atoms with Crippen LogP contribution in [0.25, 0.3) is 11.4 Å². The first kappa shape index (κ1) is 28.3. The molecule has 3 heterocycles. The number of pyridine rings is 1. The predicted molar refractivity (Wildman–Crippen MR) is 149 cm³/mol. The van der Waals surface area contributed by atoms with Crippen molar-refractivity contribution in [2.75, 3.05) is 23.9 Å². The zero-order valence-electron chi connectivity index (χ0n) is 22.1. The van der Waals surface area contributed by atoms with Crippen LogP contribution in [0.2, 0.25) is 0 Å². The van der Waals surface area contributed by atoms with E-state index in [1.165, 1.54) is 16.4 Å². The molecule has 0 spiro atoms. The summed E-state index contributed by atoms with van der Waals surface area (Å²) in [5.41, 5.74) is 3.53. The van der Waals surface area contributed by atoms with Crippen LogP contribution in [0.4, 0.5) is 14.6 Å². The lowest BCUT2D eigenvalue weighted by Gasteiger charge is -2.23. The SMILES string of the molecule is C=C(C)c1ccc(-n2nc3c(c2NC(=O)CSC)C(=O)N[C@@H](CCc2cccc(OCC(C)(F)F)c2)C3)nc1. The molecule has 1 atom stereocenters. The number of aryl methyl sites for hydroxylation is 1. The molecule has 2 aromatic heterocycles. The highest BCUT2D eigenvalue weighted by Crippen LogP contribution is 2.29. The maximum atomic E-state index is 13.2. The number of hydrogen-bond donors (Lipinski definition) is 2. The Balaban J connectivity index is 1.54. The molecule has 2 amide bonds. The standard InChI is InChI=1S/C28H31F2N5O3S/c1-17(2)19-9-11-23(31-14-19)35-26(33-24(36)15-39-4)25-22(34-35)13-20(32-27(25)37)10-8-18-6-5-7-21(12-18)38-16-28(3,29)30/h5-7,9,11-12,14,20H,1,8,10,13,15-16H2,2-4H3,(H,32,37)(H,33,36)/t20-/m0/s1. The fourth-order valence-corrected chi connectivity index (χ4v) is 4.58. The van der Waals surface area contributed by atoms with E-state index in [1.807, 2.05) is 25.3 Å². The third-order valence-corrected chi connectivity index (χ3v) is 6.67. The monoisotopic (exact) mass is 555 g/mol. The highest BCUT2D eigenvalue weighted by Gasteiger charge is 2.33. The Morgan fingerprint density at radius 2 is 2.13 bits per heavy atom. The van der Waals surface area contributed by atoms with Gasteiger partial charge in [0.25, 0.3) is 11.8 Å². The van der Waals surface area contributed by atoms with Crippen molar-refractivity contribution in [3.63, 3.8) is 0 Å². The predicted octanol–water partition coefficient (Wildman–Crippen LogP) is 4.92. The molecule has 8 nitrogen and oxygen atoms in total. The molecule has 4 rings (SSSR count). The lowest BCUT2D eigenvalue weighted by atomic mass is 9.96. The van der Waals surface area contributed by atoms with Crippen LogP contribution in [0.1, 0.15) is 47.4 Å². The number of nitrogens with one attached hydrogen (secondary N) is 2. The lowest BCUT2D eigenvalue weighted by Crippen LogP contribution is -2.41. The average Bonchev–Trinajstić information content (AvgIpc) is 3.24. The molecule has 0 unspecified atom stereocenters. The molecule has 0 fully saturated rings. The number of amides is 2. The van der Waals surface area contributed by atoms with E-state index in [4.69, 9.17) is 4.74 Å². The number of halogens is 2. The third kappa shape index (κ3) is 7.23. The molecular formula is C28H31F2N5O3S. The Bertz CT molecular complexity index is 1370. The zero-order valence-corrected chi connectivity index (χ0v) is 22.9. The molecule has 39 heavy (non-hydrogen) atoms. The van der Waals surface area contributed by atoms with Gasteiger partial charge in [-0.25, -0.2) is 13.8 Å². The van der Waals surface area contributed by atoms with Crippen molar-refractivity contribution >= 4 is 35.0 Å². The van der Waals surface area contributed by atoms with E-state index in [0.717, 1.165) is 23.6 Å². The fourth-order valence-electron chi connectivity index (χ4n) is 4.25. The number of carbonyl (C=O) groups excluding carboxylic acids is 2. The summed E-state index contributed by atoms with van der Waals surface area (Å²) in [5.74, 6) is -2.14. The minimum absolute atomic E-state index is 0.202. The van der Waals surface area contributed by atoms with Gasteiger partial charge in [0.15, 0.2) is 18.2 Å². The minimum Gasteiger partial charge on any atom is -0.487 e. The van der Waals surface area contributed by atoms with Gasteiger partial charge in [-0.05, 0) is 67.0 Å². The van der Waals surface area contributed by atoms with Crippen molar-refractivity contribution in [1.29, 1.82) is 0 Å². The maximum absolute atomic E-state index is 13.2. The Kier molecular flexibility index (Phi) is 8.69. The van der Waals surface area contributed by atoms with Crippen molar-refractivity contribution in [1.82, 2.24) is 20.1 Å². The Morgan fingerprint density at radius 3 is 2.79 bits per heavy atom. The normalized spacial score (nSPS) is 14.9. The second-order valence-corrected chi connectivity index (χ2v) is 10.5. The van der Waals surface area contributed by atoms with Crippen LogP contribution >= 0.6 is 11.8 Å². The summed E-state index contributed by atoms with van der Waals surface area (Å²) in [6.07, 6.45) is 5.16. The molecule has 1 aliphatic heterocycles. The summed E-state index contributed by atoms with van der Waals surface area (Å²) in [6.45, 7) is 5.93. The van der Waals surface area contributed by atoms with Gasteiger partial charge >= 0.3 is 0 Å². The number of thioether (sulfide) groups is 1. The summed E-state index contributed by atoms with van der Waals surface area (Å²) < 4.78 is 33.0. The molecule has 0 aliphatic carbocycles. The van der Waals surface area contributed by atoms with Crippen molar-refractivity contribution in [2.45, 2.75) is 45.1 Å². The maximum Gasteiger partial charge on any atom is 0.278 e. The van der Waals surface area contributed by atoms with Crippen LogP contribution in [-0.2, 0) is 17.6 Å². The number of anilines is 1. The molecule has 206 valence electrons. The number of rotatable bonds is 11. The molecule has 0 radical (unpaired) electrons. The van der Waals surface area contributed by atoms with Crippen LogP contribution < -0.4 is 15.4 Å². The number of alkyl halides is 2. The zero-order chi connectivity index (χ0) is 28.2. The Morgan fingerprint density at radius 1 is 1.33 bits per heavy atom. The summed E-state index contributed by atoms with van der Waals surface area (Å²) in [7, 11) is 0. The number of allylic oxidation sites excluding steroid dienone is 1. The number of ether oxygens (including phenoxy) is 1. The highest BCUT2D eigenvalue weighted by molar-refractivity contribution is 7.99. The highest BCUT2D eigenvalue weighted by atomic mass is 32.2. The van der Waals surface area contributed by atoms with Crippen LogP contribution in [-0.4, -0.2) is 57.2 Å². The van der Waals surface area contributed by atoms with E-state index in [9.17, 15) is 18.4 Å². The van der Waals surface area contributed by atoms with Gasteiger partial charge in [-0.2, -0.15) is 21.5 Å². The van der Waals surface area contributed by atoms with Crippen LogP contribution in [0.5, 0.6) is 5.75 Å². The summed E-state index contributed by atoms with van der Waals surface area (Å²) in [4.78, 5) is 30.2. The Labute approximate surface area is 230 Å². The first-order valence-electron chi connectivity index (χ1n) is 12.5. The van der Waals surface area contributed by atoms with Crippen molar-refractivity contribution in [3.8, 4) is 11.6 Å². The van der Waals surface area contributed by atoms with E-state index in [0.29, 0.717) is 42.1 Å². The van der Waals surface area contributed by atoms with Crippen molar-refractivity contribution < 1.29 is 23.1 Å². The number of nitrogens with zero attached hydrogens (tertiary/aromatic N) is 3. The van der Waals surface area contributed by atoms with E-state index in [-0.39, 0.29) is 29.4 Å². The molecule has 1 aromatic carbocycles. The fraction of sp³-hybridized carbons (Fsp3) is 0.357. The molecule has 2 N–H and O–H groups in total. The van der Waals surface area contributed by atoms with Crippen molar-refractivity contribution in [3.05, 3.63) is 71.6 Å². The molecule has 0 saturated heterocycles. The van der Waals surface area contributed by atoms with Gasteiger partial charge < -0.3 is 15.4 Å². The number of carbonyl (C=O) groups is 2. The lowest BCUT2D eigenvalue weighted by molar-refractivity contribution is -0.113. The minimum atomic E-state index is -2.92. The van der Waals surface area contributed by atoms with E-state index < -0.39 is 12.5 Å². The van der Waals surface area contributed by atoms with Crippen LogP contribution in [0, 0.1) is 0 Å². The second kappa shape index (κ2) is 12.0. The number of fused-ring (bicyclic) bond motifs is 1. The molecule has 0 saturated carbocycles. The first-order valence-corrected chi connectivity index (χ1v) is 13.9. The summed E-state index contributed by atoms with van der Waals surface area (Å²) in [6, 6.07) is 10.4. The summed E-state index contributed by atoms with van der Waals surface area (Å²) >= 11 is 1.37. The smallest absolute Gasteiger partial charge is 0.278 e. The first-order chi connectivity index (χ1) is 18.5. The van der Waals surface area contributed by atoms with Gasteiger partial charge in [-0.1, -0.05) is 18.7 Å². The van der Waals surface area contributed by atoms with Gasteiger partial charge in [-0.3, -0.25) is 9.59 Å². The molecular weight excluding hydrogens is 524 g/mol.